The molecule has 0 bridgehead atoms. The molecular formula is C12H14FN3O2S. The number of H-pyrrole nitrogens is 1. The van der Waals surface area contributed by atoms with E-state index in [1.54, 1.807) is 13.0 Å². The number of aromatic amines is 1. The van der Waals surface area contributed by atoms with Gasteiger partial charge in [0.2, 0.25) is 0 Å². The average molecular weight is 283 g/mol. The highest BCUT2D eigenvalue weighted by atomic mass is 32.2. The third-order valence-electron chi connectivity index (χ3n) is 2.83. The fraction of sp³-hybridized carbons (Fsp3) is 0.333. The van der Waals surface area contributed by atoms with Crippen molar-refractivity contribution in [2.75, 3.05) is 0 Å². The van der Waals surface area contributed by atoms with Crippen molar-refractivity contribution in [2.45, 2.75) is 24.9 Å². The Balaban J connectivity index is 2.26. The van der Waals surface area contributed by atoms with Crippen molar-refractivity contribution < 1.29 is 12.8 Å². The number of nitrogens with zero attached hydrogens (tertiary/aromatic N) is 2. The van der Waals surface area contributed by atoms with Crippen molar-refractivity contribution in [3.05, 3.63) is 47.3 Å². The number of rotatable bonds is 4. The molecule has 1 aromatic heterocycles. The summed E-state index contributed by atoms with van der Waals surface area (Å²) in [7, 11) is -3.56. The first-order chi connectivity index (χ1) is 8.90. The van der Waals surface area contributed by atoms with Gasteiger partial charge in [-0.05, 0) is 19.9 Å². The molecule has 0 aliphatic carbocycles. The summed E-state index contributed by atoms with van der Waals surface area (Å²) >= 11 is 0. The van der Waals surface area contributed by atoms with Crippen molar-refractivity contribution in [3.63, 3.8) is 0 Å². The van der Waals surface area contributed by atoms with Crippen LogP contribution in [0.1, 0.15) is 29.4 Å². The third-order valence-corrected chi connectivity index (χ3v) is 4.83. The van der Waals surface area contributed by atoms with E-state index in [9.17, 15) is 12.8 Å². The predicted molar refractivity (Wildman–Crippen MR) is 68.6 cm³/mol. The summed E-state index contributed by atoms with van der Waals surface area (Å²) in [6.07, 6.45) is 0. The monoisotopic (exact) mass is 283 g/mol. The molecule has 0 spiro atoms. The molecule has 2 aromatic rings. The Hall–Kier alpha value is -1.76. The zero-order valence-electron chi connectivity index (χ0n) is 10.6. The predicted octanol–water partition coefficient (Wildman–Crippen LogP) is 1.93. The Morgan fingerprint density at radius 3 is 2.63 bits per heavy atom. The first kappa shape index (κ1) is 13.7. The Morgan fingerprint density at radius 2 is 2.05 bits per heavy atom. The molecule has 2 rings (SSSR count). The molecule has 102 valence electrons. The van der Waals surface area contributed by atoms with Crippen LogP contribution in [0.2, 0.25) is 0 Å². The maximum absolute atomic E-state index is 13.5. The van der Waals surface area contributed by atoms with Crippen LogP contribution in [0, 0.1) is 12.7 Å². The summed E-state index contributed by atoms with van der Waals surface area (Å²) in [5.74, 6) is -0.143. The molecule has 1 heterocycles. The quantitative estimate of drug-likeness (QED) is 0.930. The number of halogens is 1. The van der Waals surface area contributed by atoms with Crippen molar-refractivity contribution >= 4 is 9.84 Å². The average Bonchev–Trinajstić information content (AvgIpc) is 2.77. The molecule has 0 aliphatic heterocycles. The molecule has 0 fully saturated rings. The Labute approximate surface area is 110 Å². The summed E-state index contributed by atoms with van der Waals surface area (Å²) in [4.78, 5) is 4.00. The van der Waals surface area contributed by atoms with E-state index in [1.165, 1.54) is 25.1 Å². The zero-order valence-corrected chi connectivity index (χ0v) is 11.4. The van der Waals surface area contributed by atoms with Crippen LogP contribution < -0.4 is 0 Å². The Morgan fingerprint density at radius 1 is 1.37 bits per heavy atom. The Bertz CT molecular complexity index is 682. The van der Waals surface area contributed by atoms with Crippen LogP contribution in [0.15, 0.2) is 24.3 Å². The summed E-state index contributed by atoms with van der Waals surface area (Å²) in [6.45, 7) is 3.19. The van der Waals surface area contributed by atoms with Gasteiger partial charge in [-0.1, -0.05) is 18.2 Å². The number of hydrogen-bond acceptors (Lipinski definition) is 4. The van der Waals surface area contributed by atoms with E-state index in [2.05, 4.69) is 15.2 Å². The summed E-state index contributed by atoms with van der Waals surface area (Å²) in [6, 6.07) is 5.83. The summed E-state index contributed by atoms with van der Waals surface area (Å²) in [5, 5.41) is 5.56. The van der Waals surface area contributed by atoms with E-state index in [4.69, 9.17) is 0 Å². The topological polar surface area (TPSA) is 75.7 Å². The first-order valence-corrected chi connectivity index (χ1v) is 7.45. The number of aryl methyl sites for hydroxylation is 1. The lowest BCUT2D eigenvalue weighted by Gasteiger charge is -2.10. The second-order valence-electron chi connectivity index (χ2n) is 4.32. The number of nitrogens with one attached hydrogen (secondary N) is 1. The summed E-state index contributed by atoms with van der Waals surface area (Å²) in [5.41, 5.74) is 0.154. The van der Waals surface area contributed by atoms with E-state index in [-0.39, 0.29) is 17.1 Å². The maximum Gasteiger partial charge on any atom is 0.168 e. The minimum absolute atomic E-state index is 0.154. The molecule has 5 nitrogen and oxygen atoms in total. The fourth-order valence-corrected chi connectivity index (χ4v) is 3.00. The van der Waals surface area contributed by atoms with Crippen LogP contribution in [-0.4, -0.2) is 23.6 Å². The third kappa shape index (κ3) is 2.98. The van der Waals surface area contributed by atoms with Gasteiger partial charge in [0.15, 0.2) is 15.7 Å². The van der Waals surface area contributed by atoms with Gasteiger partial charge in [-0.25, -0.2) is 17.8 Å². The van der Waals surface area contributed by atoms with Gasteiger partial charge in [-0.2, -0.15) is 5.10 Å². The van der Waals surface area contributed by atoms with Gasteiger partial charge >= 0.3 is 0 Å². The maximum atomic E-state index is 13.5. The Kier molecular flexibility index (Phi) is 3.66. The van der Waals surface area contributed by atoms with Crippen molar-refractivity contribution in [3.8, 4) is 0 Å². The van der Waals surface area contributed by atoms with Crippen molar-refractivity contribution in [1.82, 2.24) is 15.2 Å². The molecule has 1 atom stereocenters. The SMILES string of the molecule is Cc1nc(C(C)S(=O)(=O)Cc2ccccc2F)n[nH]1. The van der Waals surface area contributed by atoms with Crippen LogP contribution in [0.25, 0.3) is 0 Å². The molecule has 0 radical (unpaired) electrons. The highest BCUT2D eigenvalue weighted by Crippen LogP contribution is 2.23. The molecule has 0 amide bonds. The van der Waals surface area contributed by atoms with Gasteiger partial charge in [0.1, 0.15) is 16.9 Å². The number of hydrogen-bond donors (Lipinski definition) is 1. The molecule has 1 unspecified atom stereocenters. The van der Waals surface area contributed by atoms with E-state index >= 15 is 0 Å². The molecule has 7 heteroatoms. The molecule has 1 aromatic carbocycles. The van der Waals surface area contributed by atoms with Crippen LogP contribution >= 0.6 is 0 Å². The molecule has 0 saturated heterocycles. The van der Waals surface area contributed by atoms with E-state index in [0.29, 0.717) is 5.82 Å². The molecular weight excluding hydrogens is 269 g/mol. The van der Waals surface area contributed by atoms with Gasteiger partial charge in [0.25, 0.3) is 0 Å². The lowest BCUT2D eigenvalue weighted by molar-refractivity contribution is 0.576. The standard InChI is InChI=1S/C12H14FN3O2S/c1-8(12-14-9(2)15-16-12)19(17,18)7-10-5-3-4-6-11(10)13/h3-6,8H,7H2,1-2H3,(H,14,15,16). The van der Waals surface area contributed by atoms with Crippen LogP contribution in [0.5, 0.6) is 0 Å². The van der Waals surface area contributed by atoms with Gasteiger partial charge < -0.3 is 0 Å². The highest BCUT2D eigenvalue weighted by Gasteiger charge is 2.27. The van der Waals surface area contributed by atoms with Gasteiger partial charge in [-0.3, -0.25) is 5.10 Å². The normalized spacial score (nSPS) is 13.4. The lowest BCUT2D eigenvalue weighted by atomic mass is 10.2. The minimum Gasteiger partial charge on any atom is -0.263 e. The molecule has 0 saturated carbocycles. The summed E-state index contributed by atoms with van der Waals surface area (Å²) < 4.78 is 37.9. The van der Waals surface area contributed by atoms with Gasteiger partial charge in [0.05, 0.1) is 5.75 Å². The largest absolute Gasteiger partial charge is 0.263 e. The highest BCUT2D eigenvalue weighted by molar-refractivity contribution is 7.90. The van der Waals surface area contributed by atoms with Crippen LogP contribution in [0.3, 0.4) is 0 Å². The fourth-order valence-electron chi connectivity index (χ4n) is 1.66. The van der Waals surface area contributed by atoms with Crippen LogP contribution in [-0.2, 0) is 15.6 Å². The van der Waals surface area contributed by atoms with E-state index < -0.39 is 20.9 Å². The van der Waals surface area contributed by atoms with Gasteiger partial charge in [0, 0.05) is 5.56 Å². The van der Waals surface area contributed by atoms with Crippen LogP contribution in [0.4, 0.5) is 4.39 Å². The van der Waals surface area contributed by atoms with E-state index in [0.717, 1.165) is 0 Å². The first-order valence-electron chi connectivity index (χ1n) is 5.74. The molecule has 1 N–H and O–H groups in total. The van der Waals surface area contributed by atoms with Crippen molar-refractivity contribution in [1.29, 1.82) is 0 Å². The second kappa shape index (κ2) is 5.08. The minimum atomic E-state index is -3.56. The smallest absolute Gasteiger partial charge is 0.168 e. The molecule has 0 aliphatic rings. The van der Waals surface area contributed by atoms with E-state index in [1.807, 2.05) is 0 Å². The zero-order chi connectivity index (χ0) is 14.0. The number of benzene rings is 1. The van der Waals surface area contributed by atoms with Crippen molar-refractivity contribution in [2.24, 2.45) is 0 Å². The number of sulfone groups is 1. The van der Waals surface area contributed by atoms with Gasteiger partial charge in [-0.15, -0.1) is 0 Å². The lowest BCUT2D eigenvalue weighted by Crippen LogP contribution is -2.15. The number of aromatic nitrogens is 3. The molecule has 19 heavy (non-hydrogen) atoms. The second-order valence-corrected chi connectivity index (χ2v) is 6.64.